The largest absolute Gasteiger partial charge is 0.144 e. The topological polar surface area (TPSA) is 0 Å². The molecule has 0 saturated heterocycles. The van der Waals surface area contributed by atoms with Crippen LogP contribution in [0.5, 0.6) is 0 Å². The van der Waals surface area contributed by atoms with Crippen molar-refractivity contribution in [1.29, 1.82) is 0 Å². The molecule has 1 rings (SSSR count). The van der Waals surface area contributed by atoms with E-state index in [1.165, 1.54) is 75.2 Å². The summed E-state index contributed by atoms with van der Waals surface area (Å²) in [6.45, 7) is 2.29. The first-order chi connectivity index (χ1) is 8.84. The van der Waals surface area contributed by atoms with Gasteiger partial charge in [-0.2, -0.15) is 0 Å². The second kappa shape index (κ2) is 11.0. The molecule has 0 radical (unpaired) electrons. The first-order valence-corrected chi connectivity index (χ1v) is 9.12. The second-order valence-electron chi connectivity index (χ2n) is 5.24. The standard InChI is InChI=1S/C16H29PS/c1-2-3-4-5-6-7-8-9-10-11-12-15-13-14-18-16(15)17/h13-14H,2-12,17H2,1H3. The first-order valence-electron chi connectivity index (χ1n) is 7.66. The summed E-state index contributed by atoms with van der Waals surface area (Å²) in [6.07, 6.45) is 15.6. The minimum Gasteiger partial charge on any atom is -0.144 e. The molecule has 0 nitrogen and oxygen atoms in total. The third kappa shape index (κ3) is 7.54. The molecule has 1 atom stereocenters. The Balaban J connectivity index is 1.83. The van der Waals surface area contributed by atoms with Crippen LogP contribution < -0.4 is 4.62 Å². The van der Waals surface area contributed by atoms with E-state index in [0.29, 0.717) is 0 Å². The van der Waals surface area contributed by atoms with Crippen LogP contribution in [0.4, 0.5) is 0 Å². The molecule has 2 heteroatoms. The molecule has 0 aliphatic heterocycles. The number of hydrogen-bond donors (Lipinski definition) is 0. The van der Waals surface area contributed by atoms with Crippen molar-refractivity contribution >= 4 is 25.2 Å². The van der Waals surface area contributed by atoms with Crippen molar-refractivity contribution in [3.63, 3.8) is 0 Å². The number of unbranched alkanes of at least 4 members (excludes halogenated alkanes) is 9. The van der Waals surface area contributed by atoms with Gasteiger partial charge in [0.1, 0.15) is 0 Å². The molecule has 18 heavy (non-hydrogen) atoms. The predicted octanol–water partition coefficient (Wildman–Crippen LogP) is 5.71. The lowest BCUT2D eigenvalue weighted by molar-refractivity contribution is 0.556. The molecular formula is C16H29PS. The number of hydrogen-bond acceptors (Lipinski definition) is 1. The highest BCUT2D eigenvalue weighted by Gasteiger charge is 1.99. The molecule has 0 bridgehead atoms. The van der Waals surface area contributed by atoms with Gasteiger partial charge in [0, 0.05) is 4.62 Å². The SMILES string of the molecule is CCCCCCCCCCCCc1ccsc1P. The van der Waals surface area contributed by atoms with Gasteiger partial charge in [0.25, 0.3) is 0 Å². The maximum atomic E-state index is 2.85. The number of aryl methyl sites for hydroxylation is 1. The van der Waals surface area contributed by atoms with Crippen LogP contribution in [0, 0.1) is 0 Å². The van der Waals surface area contributed by atoms with Crippen molar-refractivity contribution in [3.8, 4) is 0 Å². The van der Waals surface area contributed by atoms with Crippen LogP contribution in [-0.2, 0) is 6.42 Å². The van der Waals surface area contributed by atoms with Crippen molar-refractivity contribution < 1.29 is 0 Å². The fourth-order valence-corrected chi connectivity index (χ4v) is 3.53. The van der Waals surface area contributed by atoms with Gasteiger partial charge in [0.15, 0.2) is 0 Å². The lowest BCUT2D eigenvalue weighted by atomic mass is 10.0. The van der Waals surface area contributed by atoms with Gasteiger partial charge in [-0.25, -0.2) is 0 Å². The first kappa shape index (κ1) is 16.2. The molecular weight excluding hydrogens is 255 g/mol. The van der Waals surface area contributed by atoms with Gasteiger partial charge < -0.3 is 0 Å². The van der Waals surface area contributed by atoms with Crippen LogP contribution in [0.3, 0.4) is 0 Å². The molecule has 0 aliphatic carbocycles. The Morgan fingerprint density at radius 1 is 0.889 bits per heavy atom. The van der Waals surface area contributed by atoms with Crippen molar-refractivity contribution in [2.24, 2.45) is 0 Å². The average Bonchev–Trinajstić information content (AvgIpc) is 2.77. The minimum absolute atomic E-state index is 1.28. The minimum atomic E-state index is 1.28. The van der Waals surface area contributed by atoms with E-state index in [4.69, 9.17) is 0 Å². The third-order valence-corrected chi connectivity index (χ3v) is 5.15. The zero-order valence-electron chi connectivity index (χ0n) is 11.9. The van der Waals surface area contributed by atoms with Crippen molar-refractivity contribution in [1.82, 2.24) is 0 Å². The van der Waals surface area contributed by atoms with Gasteiger partial charge >= 0.3 is 0 Å². The Morgan fingerprint density at radius 3 is 1.94 bits per heavy atom. The smallest absolute Gasteiger partial charge is 0.0248 e. The molecule has 1 heterocycles. The molecule has 1 aromatic heterocycles. The fraction of sp³-hybridized carbons (Fsp3) is 0.750. The van der Waals surface area contributed by atoms with E-state index in [0.717, 1.165) is 0 Å². The van der Waals surface area contributed by atoms with Crippen LogP contribution in [0.1, 0.15) is 76.7 Å². The highest BCUT2D eigenvalue weighted by Crippen LogP contribution is 2.14. The summed E-state index contributed by atoms with van der Waals surface area (Å²) in [6, 6.07) is 2.28. The molecule has 0 saturated carbocycles. The van der Waals surface area contributed by atoms with Crippen molar-refractivity contribution in [2.75, 3.05) is 0 Å². The summed E-state index contributed by atoms with van der Waals surface area (Å²) in [4.78, 5) is 0. The fourth-order valence-electron chi connectivity index (χ4n) is 2.36. The Kier molecular flexibility index (Phi) is 9.89. The molecule has 0 aromatic carbocycles. The summed E-state index contributed by atoms with van der Waals surface area (Å²) < 4.78 is 1.44. The monoisotopic (exact) mass is 284 g/mol. The highest BCUT2D eigenvalue weighted by molar-refractivity contribution is 7.43. The number of thiophene rings is 1. The molecule has 0 aliphatic rings. The van der Waals surface area contributed by atoms with Crippen LogP contribution in [0.25, 0.3) is 0 Å². The summed E-state index contributed by atoms with van der Waals surface area (Å²) in [5.41, 5.74) is 1.55. The van der Waals surface area contributed by atoms with E-state index in [-0.39, 0.29) is 0 Å². The van der Waals surface area contributed by atoms with E-state index in [1.54, 1.807) is 5.56 Å². The van der Waals surface area contributed by atoms with Crippen molar-refractivity contribution in [3.05, 3.63) is 17.0 Å². The number of rotatable bonds is 11. The van der Waals surface area contributed by atoms with Crippen LogP contribution in [0.2, 0.25) is 0 Å². The Morgan fingerprint density at radius 2 is 1.44 bits per heavy atom. The zero-order chi connectivity index (χ0) is 13.1. The lowest BCUT2D eigenvalue weighted by Gasteiger charge is -2.02. The molecule has 0 amide bonds. The predicted molar refractivity (Wildman–Crippen MR) is 89.2 cm³/mol. The quantitative estimate of drug-likeness (QED) is 0.360. The zero-order valence-corrected chi connectivity index (χ0v) is 13.9. The second-order valence-corrected chi connectivity index (χ2v) is 7.19. The highest BCUT2D eigenvalue weighted by atomic mass is 32.1. The summed E-state index contributed by atoms with van der Waals surface area (Å²) in [5, 5.41) is 2.20. The molecule has 0 fully saturated rings. The van der Waals surface area contributed by atoms with E-state index >= 15 is 0 Å². The van der Waals surface area contributed by atoms with Gasteiger partial charge in [-0.15, -0.1) is 11.3 Å². The average molecular weight is 284 g/mol. The molecule has 0 spiro atoms. The molecule has 0 N–H and O–H groups in total. The van der Waals surface area contributed by atoms with Crippen LogP contribution in [0.15, 0.2) is 11.4 Å². The third-order valence-electron chi connectivity index (χ3n) is 3.58. The van der Waals surface area contributed by atoms with E-state index in [9.17, 15) is 0 Å². The molecule has 104 valence electrons. The normalized spacial score (nSPS) is 11.0. The lowest BCUT2D eigenvalue weighted by Crippen LogP contribution is -1.93. The maximum Gasteiger partial charge on any atom is 0.0248 e. The van der Waals surface area contributed by atoms with E-state index < -0.39 is 0 Å². The molecule has 1 unspecified atom stereocenters. The van der Waals surface area contributed by atoms with Gasteiger partial charge in [-0.05, 0) is 29.9 Å². The molecule has 1 aromatic rings. The Hall–Kier alpha value is 0.130. The van der Waals surface area contributed by atoms with Gasteiger partial charge in [0.05, 0.1) is 0 Å². The Labute approximate surface area is 120 Å². The van der Waals surface area contributed by atoms with Gasteiger partial charge in [-0.1, -0.05) is 74.0 Å². The van der Waals surface area contributed by atoms with E-state index in [2.05, 4.69) is 27.6 Å². The Bertz CT molecular complexity index is 293. The van der Waals surface area contributed by atoms with E-state index in [1.807, 2.05) is 11.3 Å². The van der Waals surface area contributed by atoms with Gasteiger partial charge in [-0.3, -0.25) is 0 Å². The summed E-state index contributed by atoms with van der Waals surface area (Å²) in [7, 11) is 2.85. The summed E-state index contributed by atoms with van der Waals surface area (Å²) >= 11 is 1.85. The summed E-state index contributed by atoms with van der Waals surface area (Å²) in [5.74, 6) is 0. The van der Waals surface area contributed by atoms with Crippen LogP contribution in [-0.4, -0.2) is 0 Å². The van der Waals surface area contributed by atoms with Gasteiger partial charge in [0.2, 0.25) is 0 Å². The van der Waals surface area contributed by atoms with Crippen molar-refractivity contribution in [2.45, 2.75) is 77.6 Å². The maximum absolute atomic E-state index is 2.85. The van der Waals surface area contributed by atoms with Crippen LogP contribution >= 0.6 is 20.6 Å².